The Balaban J connectivity index is 4.29. The lowest BCUT2D eigenvalue weighted by atomic mass is 10.1. The first-order valence-electron chi connectivity index (χ1n) is 29.4. The van der Waals surface area contributed by atoms with Gasteiger partial charge in [0.2, 0.25) is 0 Å². The summed E-state index contributed by atoms with van der Waals surface area (Å²) in [5, 5.41) is 8.67. The lowest BCUT2D eigenvalue weighted by Crippen LogP contribution is -2.48. The molecular weight excluding hydrogens is 883 g/mol. The van der Waals surface area contributed by atoms with Gasteiger partial charge in [-0.3, -0.25) is 4.79 Å². The highest BCUT2D eigenvalue weighted by Gasteiger charge is 2.23. The van der Waals surface area contributed by atoms with Crippen molar-refractivity contribution in [2.75, 3.05) is 126 Å². The van der Waals surface area contributed by atoms with Crippen LogP contribution >= 0.6 is 0 Å². The fourth-order valence-electron chi connectivity index (χ4n) is 8.38. The molecule has 0 saturated heterocycles. The summed E-state index contributed by atoms with van der Waals surface area (Å²) in [4.78, 5) is 12.4. The molecule has 0 saturated carbocycles. The molecule has 11 heteroatoms. The molecule has 11 nitrogen and oxygen atoms in total. The van der Waals surface area contributed by atoms with E-state index >= 15 is 0 Å². The van der Waals surface area contributed by atoms with Crippen LogP contribution in [0.1, 0.15) is 219 Å². The third kappa shape index (κ3) is 57.5. The van der Waals surface area contributed by atoms with Crippen LogP contribution in [0.2, 0.25) is 0 Å². The normalized spacial score (nSPS) is 12.6. The van der Waals surface area contributed by atoms with Gasteiger partial charge in [0.25, 0.3) is 0 Å². The van der Waals surface area contributed by atoms with Gasteiger partial charge in [0.05, 0.1) is 99.9 Å². The van der Waals surface area contributed by atoms with Crippen molar-refractivity contribution in [3.05, 3.63) is 24.3 Å². The van der Waals surface area contributed by atoms with Crippen molar-refractivity contribution in [3.63, 3.8) is 0 Å². The fourth-order valence-corrected chi connectivity index (χ4v) is 8.38. The first-order valence-corrected chi connectivity index (χ1v) is 29.4. The van der Waals surface area contributed by atoms with Gasteiger partial charge in [-0.1, -0.05) is 160 Å². The smallest absolute Gasteiger partial charge is 0.305 e. The van der Waals surface area contributed by atoms with Crippen LogP contribution in [0.25, 0.3) is 0 Å². The monoisotopic (exact) mass is 999 g/mol. The molecule has 0 aromatic carbocycles. The van der Waals surface area contributed by atoms with E-state index in [-0.39, 0.29) is 25.3 Å². The Morgan fingerprint density at radius 1 is 0.414 bits per heavy atom. The maximum absolute atomic E-state index is 12.4. The van der Waals surface area contributed by atoms with Crippen molar-refractivity contribution < 1.29 is 52.3 Å². The Morgan fingerprint density at radius 3 is 1.21 bits per heavy atom. The third-order valence-electron chi connectivity index (χ3n) is 12.7. The second-order valence-corrected chi connectivity index (χ2v) is 20.1. The minimum Gasteiger partial charge on any atom is -0.463 e. The number of rotatable bonds is 60. The summed E-state index contributed by atoms with van der Waals surface area (Å²) < 4.78 is 46.1. The van der Waals surface area contributed by atoms with E-state index in [1.54, 1.807) is 0 Å². The molecule has 70 heavy (non-hydrogen) atoms. The third-order valence-corrected chi connectivity index (χ3v) is 12.7. The van der Waals surface area contributed by atoms with Gasteiger partial charge in [-0.2, -0.15) is 0 Å². The summed E-state index contributed by atoms with van der Waals surface area (Å²) in [7, 11) is 4.55. The number of carbonyl (C=O) groups excluding carboxylic acids is 1. The molecule has 0 heterocycles. The molecule has 0 spiro atoms. The van der Waals surface area contributed by atoms with Crippen LogP contribution in [0.15, 0.2) is 24.3 Å². The van der Waals surface area contributed by atoms with Crippen molar-refractivity contribution in [1.29, 1.82) is 0 Å². The number of unbranched alkanes of at least 4 members (excludes halogenated alkanes) is 26. The molecule has 1 atom stereocenters. The molecule has 0 rings (SSSR count). The van der Waals surface area contributed by atoms with Crippen LogP contribution in [0.5, 0.6) is 0 Å². The summed E-state index contributed by atoms with van der Waals surface area (Å²) in [5.74, 6) is -0.170. The molecule has 0 aliphatic carbocycles. The minimum absolute atomic E-state index is 0.0208. The summed E-state index contributed by atoms with van der Waals surface area (Å²) in [6, 6.07) is 0. The molecule has 0 aromatic rings. The van der Waals surface area contributed by atoms with Gasteiger partial charge in [0, 0.05) is 19.6 Å². The number of allylic oxidation sites excluding steroid dienone is 4. The van der Waals surface area contributed by atoms with E-state index in [0.717, 1.165) is 56.5 Å². The van der Waals surface area contributed by atoms with E-state index in [2.05, 4.69) is 52.2 Å². The average Bonchev–Trinajstić information content (AvgIpc) is 3.35. The largest absolute Gasteiger partial charge is 0.463 e. The Kier molecular flexibility index (Phi) is 57.3. The molecule has 0 aromatic heterocycles. The summed E-state index contributed by atoms with van der Waals surface area (Å²) in [6.45, 7) is 13.4. The number of esters is 1. The minimum atomic E-state index is -0.170. The number of hydrogen-bond acceptors (Lipinski definition) is 10. The first-order chi connectivity index (χ1) is 34.4. The molecule has 416 valence electrons. The van der Waals surface area contributed by atoms with Crippen molar-refractivity contribution in [3.8, 4) is 0 Å². The van der Waals surface area contributed by atoms with E-state index < -0.39 is 0 Å². The number of aliphatic hydroxyl groups is 1. The van der Waals surface area contributed by atoms with Crippen LogP contribution in [0, 0.1) is 0 Å². The second-order valence-electron chi connectivity index (χ2n) is 20.1. The second kappa shape index (κ2) is 58.5. The maximum Gasteiger partial charge on any atom is 0.305 e. The highest BCUT2D eigenvalue weighted by Crippen LogP contribution is 2.14. The Morgan fingerprint density at radius 2 is 0.786 bits per heavy atom. The van der Waals surface area contributed by atoms with Crippen LogP contribution < -0.4 is 0 Å². The van der Waals surface area contributed by atoms with Gasteiger partial charge in [-0.15, -0.1) is 0 Å². The number of ether oxygens (including phenoxy) is 8. The fraction of sp³-hybridized carbons (Fsp3) is 0.915. The van der Waals surface area contributed by atoms with E-state index in [1.807, 2.05) is 0 Å². The van der Waals surface area contributed by atoms with Crippen LogP contribution in [0.4, 0.5) is 0 Å². The number of hydrogen-bond donors (Lipinski definition) is 1. The van der Waals surface area contributed by atoms with E-state index in [0.29, 0.717) is 79.1 Å². The predicted octanol–water partition coefficient (Wildman–Crippen LogP) is 13.7. The number of quaternary nitrogens is 1. The molecule has 0 bridgehead atoms. The zero-order valence-corrected chi connectivity index (χ0v) is 46.6. The molecule has 0 fully saturated rings. The summed E-state index contributed by atoms with van der Waals surface area (Å²) in [5.41, 5.74) is 0. The summed E-state index contributed by atoms with van der Waals surface area (Å²) >= 11 is 0. The van der Waals surface area contributed by atoms with E-state index in [9.17, 15) is 4.79 Å². The van der Waals surface area contributed by atoms with Crippen LogP contribution in [-0.2, 0) is 42.7 Å². The van der Waals surface area contributed by atoms with Gasteiger partial charge in [0.1, 0.15) is 19.3 Å². The summed E-state index contributed by atoms with van der Waals surface area (Å²) in [6.07, 6.45) is 50.0. The van der Waals surface area contributed by atoms with Gasteiger partial charge in [0.15, 0.2) is 0 Å². The lowest BCUT2D eigenvalue weighted by molar-refractivity contribution is -0.893. The van der Waals surface area contributed by atoms with Crippen molar-refractivity contribution in [2.45, 2.75) is 225 Å². The average molecular weight is 1000 g/mol. The van der Waals surface area contributed by atoms with E-state index in [1.165, 1.54) is 173 Å². The zero-order chi connectivity index (χ0) is 50.8. The zero-order valence-electron chi connectivity index (χ0n) is 46.6. The Labute approximate surface area is 432 Å². The number of likely N-dealkylation sites (N-methyl/N-ethyl adjacent to an activating group) is 1. The number of aliphatic hydroxyl groups excluding tert-OH is 1. The van der Waals surface area contributed by atoms with Crippen LogP contribution in [-0.4, -0.2) is 148 Å². The molecule has 0 aliphatic heterocycles. The van der Waals surface area contributed by atoms with Crippen molar-refractivity contribution in [2.24, 2.45) is 0 Å². The molecule has 1 unspecified atom stereocenters. The standard InChI is InChI=1S/C59H116NO10/c1-5-7-9-11-13-15-17-19-21-23-24-26-28-30-32-34-38-43-68-57-58(69-44-39-35-33-31-29-27-25-22-20-18-16-14-12-10-8-6-2)56-60(3,4)41-37-36-40-59(62)70-55-54-67-53-52-66-51-50-65-49-48-64-47-46-63-45-42-61/h19-22,58,61H,5-18,23-57H2,1-4H3/q+1. The van der Waals surface area contributed by atoms with E-state index in [4.69, 9.17) is 43.0 Å². The number of carbonyl (C=O) groups is 1. The predicted molar refractivity (Wildman–Crippen MR) is 292 cm³/mol. The number of nitrogens with zero attached hydrogens (tertiary/aromatic N) is 1. The lowest BCUT2D eigenvalue weighted by Gasteiger charge is -2.33. The molecular formula is C59H116NO10+. The quantitative estimate of drug-likeness (QED) is 0.0274. The topological polar surface area (TPSA) is 111 Å². The highest BCUT2D eigenvalue weighted by molar-refractivity contribution is 5.69. The SMILES string of the molecule is CCCCCCCCC=CCCCCCCCCCOCC(C[N+](C)(C)CCCCC(=O)OCCOCCOCCOCCOCCOCCO)OCCCCCCCCC=CCCCCCCCC. The highest BCUT2D eigenvalue weighted by atomic mass is 16.6. The molecule has 0 aliphatic rings. The molecule has 1 N–H and O–H groups in total. The van der Waals surface area contributed by atoms with Crippen molar-refractivity contribution >= 4 is 5.97 Å². The van der Waals surface area contributed by atoms with Crippen molar-refractivity contribution in [1.82, 2.24) is 0 Å². The van der Waals surface area contributed by atoms with Gasteiger partial charge in [-0.05, 0) is 77.0 Å². The first kappa shape index (κ1) is 68.6. The molecule has 0 amide bonds. The van der Waals surface area contributed by atoms with Gasteiger partial charge < -0.3 is 47.5 Å². The maximum atomic E-state index is 12.4. The van der Waals surface area contributed by atoms with Gasteiger partial charge >= 0.3 is 5.97 Å². The van der Waals surface area contributed by atoms with Crippen LogP contribution in [0.3, 0.4) is 0 Å². The Bertz CT molecular complexity index is 1080. The van der Waals surface area contributed by atoms with Gasteiger partial charge in [-0.25, -0.2) is 0 Å². The molecule has 0 radical (unpaired) electrons. The Hall–Kier alpha value is -1.41.